The smallest absolute Gasteiger partial charge is 0.305 e. The van der Waals surface area contributed by atoms with Crippen molar-refractivity contribution in [1.29, 1.82) is 0 Å². The third kappa shape index (κ3) is 7.12. The zero-order valence-corrected chi connectivity index (χ0v) is 8.04. The van der Waals surface area contributed by atoms with Crippen molar-refractivity contribution in [3.63, 3.8) is 0 Å². The number of esters is 1. The van der Waals surface area contributed by atoms with E-state index in [0.29, 0.717) is 31.8 Å². The number of carbonyl (C=O) groups is 1. The van der Waals surface area contributed by atoms with Gasteiger partial charge in [-0.05, 0) is 19.4 Å². The van der Waals surface area contributed by atoms with E-state index in [4.69, 9.17) is 9.47 Å². The van der Waals surface area contributed by atoms with Crippen LogP contribution in [-0.4, -0.2) is 19.2 Å². The molecule has 0 bridgehead atoms. The normalized spacial score (nSPS) is 9.00. The van der Waals surface area contributed by atoms with Gasteiger partial charge in [-0.2, -0.15) is 0 Å². The number of ether oxygens (including phenoxy) is 2. The first kappa shape index (κ1) is 11.8. The summed E-state index contributed by atoms with van der Waals surface area (Å²) >= 11 is 0. The minimum Gasteiger partial charge on any atom is -0.494 e. The standard InChI is InChI=1S/C10H16O3/c1-4-9(3)13-8-6-7-10(11)12-5-2/h4H,1,3,5-8H2,2H3. The average Bonchev–Trinajstić information content (AvgIpc) is 2.12. The maximum absolute atomic E-state index is 10.8. The van der Waals surface area contributed by atoms with Gasteiger partial charge in [-0.15, -0.1) is 0 Å². The van der Waals surface area contributed by atoms with E-state index in [1.165, 1.54) is 6.08 Å². The number of allylic oxidation sites excluding steroid dienone is 1. The monoisotopic (exact) mass is 184 g/mol. The van der Waals surface area contributed by atoms with Gasteiger partial charge in [0.25, 0.3) is 0 Å². The molecule has 0 aromatic heterocycles. The maximum Gasteiger partial charge on any atom is 0.305 e. The molecule has 74 valence electrons. The van der Waals surface area contributed by atoms with Crippen LogP contribution in [-0.2, 0) is 14.3 Å². The van der Waals surface area contributed by atoms with E-state index in [1.807, 2.05) is 0 Å². The molecule has 0 aromatic carbocycles. The lowest BCUT2D eigenvalue weighted by atomic mass is 10.3. The highest BCUT2D eigenvalue weighted by atomic mass is 16.5. The van der Waals surface area contributed by atoms with E-state index in [1.54, 1.807) is 6.92 Å². The Hall–Kier alpha value is -1.25. The average molecular weight is 184 g/mol. The highest BCUT2D eigenvalue weighted by Crippen LogP contribution is 1.98. The van der Waals surface area contributed by atoms with E-state index in [9.17, 15) is 4.79 Å². The Kier molecular flexibility index (Phi) is 6.69. The predicted octanol–water partition coefficient (Wildman–Crippen LogP) is 2.05. The van der Waals surface area contributed by atoms with Gasteiger partial charge in [0, 0.05) is 6.42 Å². The summed E-state index contributed by atoms with van der Waals surface area (Å²) in [4.78, 5) is 10.8. The van der Waals surface area contributed by atoms with Crippen LogP contribution in [0.2, 0.25) is 0 Å². The number of hydrogen-bond acceptors (Lipinski definition) is 3. The van der Waals surface area contributed by atoms with Gasteiger partial charge in [-0.25, -0.2) is 0 Å². The first-order chi connectivity index (χ1) is 6.20. The van der Waals surface area contributed by atoms with Gasteiger partial charge >= 0.3 is 5.97 Å². The minimum absolute atomic E-state index is 0.185. The van der Waals surface area contributed by atoms with Crippen LogP contribution in [0.15, 0.2) is 25.0 Å². The second kappa shape index (κ2) is 7.40. The molecule has 3 heteroatoms. The topological polar surface area (TPSA) is 35.5 Å². The van der Waals surface area contributed by atoms with Crippen molar-refractivity contribution in [1.82, 2.24) is 0 Å². The van der Waals surface area contributed by atoms with Crippen molar-refractivity contribution in [3.8, 4) is 0 Å². The van der Waals surface area contributed by atoms with Gasteiger partial charge in [0.1, 0.15) is 5.76 Å². The molecule has 0 radical (unpaired) electrons. The van der Waals surface area contributed by atoms with Gasteiger partial charge in [0.2, 0.25) is 0 Å². The van der Waals surface area contributed by atoms with Gasteiger partial charge in [0.05, 0.1) is 13.2 Å². The highest BCUT2D eigenvalue weighted by molar-refractivity contribution is 5.69. The van der Waals surface area contributed by atoms with E-state index >= 15 is 0 Å². The summed E-state index contributed by atoms with van der Waals surface area (Å²) in [5, 5.41) is 0. The Bertz CT molecular complexity index is 185. The quantitative estimate of drug-likeness (QED) is 0.263. The fourth-order valence-corrected chi connectivity index (χ4v) is 0.712. The second-order valence-electron chi connectivity index (χ2n) is 2.43. The van der Waals surface area contributed by atoms with Gasteiger partial charge < -0.3 is 9.47 Å². The Morgan fingerprint density at radius 2 is 2.15 bits per heavy atom. The van der Waals surface area contributed by atoms with Crippen LogP contribution in [0.1, 0.15) is 19.8 Å². The molecule has 0 atom stereocenters. The zero-order valence-electron chi connectivity index (χ0n) is 8.04. The van der Waals surface area contributed by atoms with E-state index < -0.39 is 0 Å². The molecule has 0 aliphatic carbocycles. The lowest BCUT2D eigenvalue weighted by molar-refractivity contribution is -0.143. The molecule has 0 unspecified atom stereocenters. The summed E-state index contributed by atoms with van der Waals surface area (Å²) in [5.41, 5.74) is 0. The highest BCUT2D eigenvalue weighted by Gasteiger charge is 2.00. The van der Waals surface area contributed by atoms with Crippen LogP contribution < -0.4 is 0 Å². The molecule has 0 fully saturated rings. The van der Waals surface area contributed by atoms with Crippen molar-refractivity contribution in [3.05, 3.63) is 25.0 Å². The summed E-state index contributed by atoms with van der Waals surface area (Å²) in [7, 11) is 0. The summed E-state index contributed by atoms with van der Waals surface area (Å²) in [5.74, 6) is 0.346. The van der Waals surface area contributed by atoms with Crippen LogP contribution in [0.4, 0.5) is 0 Å². The molecule has 0 spiro atoms. The number of hydrogen-bond donors (Lipinski definition) is 0. The molecule has 0 amide bonds. The van der Waals surface area contributed by atoms with Gasteiger partial charge in [-0.3, -0.25) is 4.79 Å². The lowest BCUT2D eigenvalue weighted by Gasteiger charge is -2.04. The summed E-state index contributed by atoms with van der Waals surface area (Å²) in [6, 6.07) is 0. The molecule has 13 heavy (non-hydrogen) atoms. The van der Waals surface area contributed by atoms with Crippen LogP contribution in [0.25, 0.3) is 0 Å². The van der Waals surface area contributed by atoms with Crippen LogP contribution in [0.3, 0.4) is 0 Å². The molecular formula is C10H16O3. The van der Waals surface area contributed by atoms with Crippen molar-refractivity contribution < 1.29 is 14.3 Å². The van der Waals surface area contributed by atoms with Gasteiger partial charge in [-0.1, -0.05) is 13.2 Å². The van der Waals surface area contributed by atoms with Crippen LogP contribution >= 0.6 is 0 Å². The lowest BCUT2D eigenvalue weighted by Crippen LogP contribution is -2.05. The molecule has 0 saturated heterocycles. The molecule has 0 rings (SSSR count). The molecule has 0 aromatic rings. The third-order valence-electron chi connectivity index (χ3n) is 1.35. The summed E-state index contributed by atoms with van der Waals surface area (Å²) in [6.45, 7) is 9.75. The third-order valence-corrected chi connectivity index (χ3v) is 1.35. The summed E-state index contributed by atoms with van der Waals surface area (Å²) < 4.78 is 9.84. The first-order valence-electron chi connectivity index (χ1n) is 4.30. The van der Waals surface area contributed by atoms with E-state index in [-0.39, 0.29) is 5.97 Å². The van der Waals surface area contributed by atoms with Crippen LogP contribution in [0.5, 0.6) is 0 Å². The number of carbonyl (C=O) groups excluding carboxylic acids is 1. The van der Waals surface area contributed by atoms with Crippen LogP contribution in [0, 0.1) is 0 Å². The van der Waals surface area contributed by atoms with Crippen molar-refractivity contribution in [2.45, 2.75) is 19.8 Å². The Balaban J connectivity index is 3.30. The Labute approximate surface area is 79.0 Å². The number of rotatable bonds is 7. The molecule has 0 aliphatic rings. The minimum atomic E-state index is -0.185. The molecule has 0 N–H and O–H groups in total. The SMILES string of the molecule is C=CC(=C)OCCCC(=O)OCC. The Morgan fingerprint density at radius 1 is 1.46 bits per heavy atom. The first-order valence-corrected chi connectivity index (χ1v) is 4.30. The van der Waals surface area contributed by atoms with Crippen molar-refractivity contribution in [2.75, 3.05) is 13.2 Å². The molecule has 3 nitrogen and oxygen atoms in total. The Morgan fingerprint density at radius 3 is 2.69 bits per heavy atom. The fraction of sp³-hybridized carbons (Fsp3) is 0.500. The molecule has 0 aliphatic heterocycles. The molecule has 0 heterocycles. The molecule has 0 saturated carbocycles. The molecular weight excluding hydrogens is 168 g/mol. The summed E-state index contributed by atoms with van der Waals surface area (Å²) in [6.07, 6.45) is 2.56. The second-order valence-corrected chi connectivity index (χ2v) is 2.43. The van der Waals surface area contributed by atoms with E-state index in [0.717, 1.165) is 0 Å². The van der Waals surface area contributed by atoms with Gasteiger partial charge in [0.15, 0.2) is 0 Å². The predicted molar refractivity (Wildman–Crippen MR) is 51.2 cm³/mol. The van der Waals surface area contributed by atoms with E-state index in [2.05, 4.69) is 13.2 Å². The zero-order chi connectivity index (χ0) is 10.1. The fourth-order valence-electron chi connectivity index (χ4n) is 0.712. The maximum atomic E-state index is 10.8. The van der Waals surface area contributed by atoms with Crippen molar-refractivity contribution in [2.24, 2.45) is 0 Å². The largest absolute Gasteiger partial charge is 0.494 e. The van der Waals surface area contributed by atoms with Crippen molar-refractivity contribution >= 4 is 5.97 Å².